The van der Waals surface area contributed by atoms with E-state index in [0.717, 1.165) is 0 Å². The van der Waals surface area contributed by atoms with Crippen molar-refractivity contribution in [3.8, 4) is 11.5 Å². The molecule has 33 heavy (non-hydrogen) atoms. The Morgan fingerprint density at radius 2 is 1.82 bits per heavy atom. The first-order valence-corrected chi connectivity index (χ1v) is 11.2. The Hall–Kier alpha value is -3.20. The van der Waals surface area contributed by atoms with Gasteiger partial charge in [-0.1, -0.05) is 53.8 Å². The van der Waals surface area contributed by atoms with Crippen molar-refractivity contribution in [2.75, 3.05) is 12.0 Å². The lowest BCUT2D eigenvalue weighted by Gasteiger charge is -2.14. The molecule has 4 rings (SSSR count). The SMILES string of the molecule is COc1cc(/C=C2/SC(=S)N(c3ccc(Cl)cc3)C2=O)ccc1OC(=O)c1ccccc1F. The maximum atomic E-state index is 13.9. The molecule has 1 amide bonds. The number of thiocarbonyl (C=S) groups is 1. The summed E-state index contributed by atoms with van der Waals surface area (Å²) in [5.41, 5.74) is 1.07. The average Bonchev–Trinajstić information content (AvgIpc) is 3.08. The van der Waals surface area contributed by atoms with Gasteiger partial charge in [-0.2, -0.15) is 0 Å². The Kier molecular flexibility index (Phi) is 6.78. The van der Waals surface area contributed by atoms with E-state index in [9.17, 15) is 14.0 Å². The first kappa shape index (κ1) is 23.0. The number of thioether (sulfide) groups is 1. The third kappa shape index (κ3) is 4.93. The van der Waals surface area contributed by atoms with Gasteiger partial charge in [0.1, 0.15) is 5.82 Å². The van der Waals surface area contributed by atoms with E-state index in [-0.39, 0.29) is 23.0 Å². The van der Waals surface area contributed by atoms with Crippen molar-refractivity contribution in [3.63, 3.8) is 0 Å². The number of ether oxygens (including phenoxy) is 2. The van der Waals surface area contributed by atoms with Crippen LogP contribution in [0, 0.1) is 5.82 Å². The standard InChI is InChI=1S/C24H15ClFNO4S2/c1-30-20-12-14(6-11-19(20)31-23(29)17-4-2-3-5-18(17)26)13-21-22(28)27(24(32)33-21)16-9-7-15(25)8-10-16/h2-13H,1H3/b21-13+. The second-order valence-electron chi connectivity index (χ2n) is 6.77. The van der Waals surface area contributed by atoms with Crippen LogP contribution in [-0.4, -0.2) is 23.3 Å². The summed E-state index contributed by atoms with van der Waals surface area (Å²) < 4.78 is 24.9. The first-order chi connectivity index (χ1) is 15.9. The molecule has 9 heteroatoms. The van der Waals surface area contributed by atoms with Crippen LogP contribution in [-0.2, 0) is 4.79 Å². The van der Waals surface area contributed by atoms with E-state index in [1.54, 1.807) is 48.5 Å². The van der Waals surface area contributed by atoms with Crippen LogP contribution in [0.25, 0.3) is 6.08 Å². The van der Waals surface area contributed by atoms with E-state index in [1.807, 2.05) is 0 Å². The predicted molar refractivity (Wildman–Crippen MR) is 131 cm³/mol. The number of esters is 1. The lowest BCUT2D eigenvalue weighted by molar-refractivity contribution is -0.113. The summed E-state index contributed by atoms with van der Waals surface area (Å²) in [6.45, 7) is 0. The molecule has 5 nitrogen and oxygen atoms in total. The maximum absolute atomic E-state index is 13.9. The fourth-order valence-electron chi connectivity index (χ4n) is 3.07. The minimum absolute atomic E-state index is 0.122. The van der Waals surface area contributed by atoms with Gasteiger partial charge in [0.25, 0.3) is 5.91 Å². The van der Waals surface area contributed by atoms with Crippen LogP contribution < -0.4 is 14.4 Å². The van der Waals surface area contributed by atoms with Crippen molar-refractivity contribution in [2.45, 2.75) is 0 Å². The number of amides is 1. The lowest BCUT2D eigenvalue weighted by Crippen LogP contribution is -2.27. The van der Waals surface area contributed by atoms with Crippen LogP contribution in [0.15, 0.2) is 71.6 Å². The van der Waals surface area contributed by atoms with Crippen LogP contribution in [0.2, 0.25) is 5.02 Å². The summed E-state index contributed by atoms with van der Waals surface area (Å²) >= 11 is 12.5. The molecule has 1 heterocycles. The highest BCUT2D eigenvalue weighted by molar-refractivity contribution is 8.27. The van der Waals surface area contributed by atoms with E-state index in [1.165, 1.54) is 48.0 Å². The Labute approximate surface area is 203 Å². The second-order valence-corrected chi connectivity index (χ2v) is 8.89. The van der Waals surface area contributed by atoms with Crippen molar-refractivity contribution in [1.82, 2.24) is 0 Å². The molecule has 1 aliphatic rings. The van der Waals surface area contributed by atoms with Gasteiger partial charge in [-0.3, -0.25) is 9.69 Å². The molecule has 1 aliphatic heterocycles. The molecule has 3 aromatic rings. The summed E-state index contributed by atoms with van der Waals surface area (Å²) in [6.07, 6.45) is 1.67. The molecule has 1 fully saturated rings. The number of benzene rings is 3. The average molecular weight is 500 g/mol. The molecular weight excluding hydrogens is 485 g/mol. The molecule has 3 aromatic carbocycles. The van der Waals surface area contributed by atoms with Crippen molar-refractivity contribution >= 4 is 63.5 Å². The summed E-state index contributed by atoms with van der Waals surface area (Å²) in [4.78, 5) is 27.1. The number of halogens is 2. The van der Waals surface area contributed by atoms with Crippen LogP contribution in [0.1, 0.15) is 15.9 Å². The van der Waals surface area contributed by atoms with Gasteiger partial charge in [-0.15, -0.1) is 0 Å². The fraction of sp³-hybridized carbons (Fsp3) is 0.0417. The van der Waals surface area contributed by atoms with Crippen LogP contribution in [0.3, 0.4) is 0 Å². The molecular formula is C24H15ClFNO4S2. The van der Waals surface area contributed by atoms with Gasteiger partial charge in [0.05, 0.1) is 23.3 Å². The smallest absolute Gasteiger partial charge is 0.346 e. The predicted octanol–water partition coefficient (Wildman–Crippen LogP) is 6.11. The third-order valence-electron chi connectivity index (χ3n) is 4.66. The molecule has 0 unspecified atom stereocenters. The van der Waals surface area contributed by atoms with Gasteiger partial charge < -0.3 is 9.47 Å². The highest BCUT2D eigenvalue weighted by Gasteiger charge is 2.33. The van der Waals surface area contributed by atoms with Gasteiger partial charge in [-0.25, -0.2) is 9.18 Å². The molecule has 166 valence electrons. The summed E-state index contributed by atoms with van der Waals surface area (Å²) in [6, 6.07) is 17.1. The monoisotopic (exact) mass is 499 g/mol. The molecule has 0 spiro atoms. The number of methoxy groups -OCH3 is 1. The highest BCUT2D eigenvalue weighted by atomic mass is 35.5. The molecule has 1 saturated heterocycles. The third-order valence-corrected chi connectivity index (χ3v) is 6.21. The highest BCUT2D eigenvalue weighted by Crippen LogP contribution is 2.37. The van der Waals surface area contributed by atoms with E-state index >= 15 is 0 Å². The second kappa shape index (κ2) is 9.74. The van der Waals surface area contributed by atoms with Gasteiger partial charge in [0.2, 0.25) is 0 Å². The molecule has 0 N–H and O–H groups in total. The summed E-state index contributed by atoms with van der Waals surface area (Å²) in [7, 11) is 1.42. The Balaban J connectivity index is 1.57. The Bertz CT molecular complexity index is 1290. The summed E-state index contributed by atoms with van der Waals surface area (Å²) in [5, 5.41) is 0.558. The molecule has 0 atom stereocenters. The molecule has 0 bridgehead atoms. The quantitative estimate of drug-likeness (QED) is 0.183. The maximum Gasteiger partial charge on any atom is 0.346 e. The number of carbonyl (C=O) groups is 2. The number of rotatable bonds is 5. The molecule has 0 radical (unpaired) electrons. The van der Waals surface area contributed by atoms with E-state index in [2.05, 4.69) is 0 Å². The van der Waals surface area contributed by atoms with Crippen molar-refractivity contribution in [3.05, 3.63) is 93.6 Å². The molecule has 0 saturated carbocycles. The minimum Gasteiger partial charge on any atom is -0.493 e. The zero-order valence-electron chi connectivity index (χ0n) is 17.1. The van der Waals surface area contributed by atoms with Crippen LogP contribution >= 0.6 is 35.6 Å². The Morgan fingerprint density at radius 1 is 1.09 bits per heavy atom. The normalized spacial score (nSPS) is 14.6. The number of carbonyl (C=O) groups excluding carboxylic acids is 2. The topological polar surface area (TPSA) is 55.8 Å². The van der Waals surface area contributed by atoms with E-state index in [0.29, 0.717) is 25.5 Å². The van der Waals surface area contributed by atoms with E-state index < -0.39 is 11.8 Å². The minimum atomic E-state index is -0.844. The van der Waals surface area contributed by atoms with Crippen molar-refractivity contribution in [1.29, 1.82) is 0 Å². The lowest BCUT2D eigenvalue weighted by atomic mass is 10.1. The number of nitrogens with zero attached hydrogens (tertiary/aromatic N) is 1. The zero-order valence-corrected chi connectivity index (χ0v) is 19.5. The van der Waals surface area contributed by atoms with Crippen molar-refractivity contribution in [2.24, 2.45) is 0 Å². The Morgan fingerprint density at radius 3 is 2.52 bits per heavy atom. The van der Waals surface area contributed by atoms with Gasteiger partial charge in [0.15, 0.2) is 15.8 Å². The van der Waals surface area contributed by atoms with Crippen LogP contribution in [0.5, 0.6) is 11.5 Å². The van der Waals surface area contributed by atoms with Gasteiger partial charge in [0, 0.05) is 5.02 Å². The number of hydrogen-bond donors (Lipinski definition) is 0. The fourth-order valence-corrected chi connectivity index (χ4v) is 4.50. The van der Waals surface area contributed by atoms with Crippen molar-refractivity contribution < 1.29 is 23.5 Å². The largest absolute Gasteiger partial charge is 0.493 e. The van der Waals surface area contributed by atoms with E-state index in [4.69, 9.17) is 33.3 Å². The van der Waals surface area contributed by atoms with Crippen LogP contribution in [0.4, 0.5) is 10.1 Å². The summed E-state index contributed by atoms with van der Waals surface area (Å²) in [5.74, 6) is -1.41. The molecule has 0 aromatic heterocycles. The zero-order chi connectivity index (χ0) is 23.5. The first-order valence-electron chi connectivity index (χ1n) is 9.55. The number of anilines is 1. The molecule has 0 aliphatic carbocycles. The number of hydrogen-bond acceptors (Lipinski definition) is 6. The van der Waals surface area contributed by atoms with Gasteiger partial charge in [-0.05, 0) is 60.2 Å². The van der Waals surface area contributed by atoms with Gasteiger partial charge >= 0.3 is 5.97 Å².